The van der Waals surface area contributed by atoms with Crippen molar-refractivity contribution in [2.75, 3.05) is 32.8 Å². The van der Waals surface area contributed by atoms with Crippen LogP contribution >= 0.6 is 0 Å². The Balaban J connectivity index is 2.55. The predicted molar refractivity (Wildman–Crippen MR) is 77.8 cm³/mol. The molecule has 4 heteroatoms. The average molecular weight is 266 g/mol. The minimum atomic E-state index is -0.176. The molecule has 4 nitrogen and oxygen atoms in total. The fraction of sp³-hybridized carbons (Fsp3) is 0.600. The van der Waals surface area contributed by atoms with E-state index in [4.69, 9.17) is 15.2 Å². The van der Waals surface area contributed by atoms with E-state index in [0.29, 0.717) is 19.8 Å². The lowest BCUT2D eigenvalue weighted by Crippen LogP contribution is -2.38. The molecule has 0 amide bonds. The van der Waals surface area contributed by atoms with Crippen LogP contribution in [0.25, 0.3) is 0 Å². The molecule has 108 valence electrons. The summed E-state index contributed by atoms with van der Waals surface area (Å²) >= 11 is 0. The molecule has 0 aliphatic rings. The molecule has 0 aliphatic heterocycles. The van der Waals surface area contributed by atoms with Crippen molar-refractivity contribution in [1.29, 1.82) is 0 Å². The lowest BCUT2D eigenvalue weighted by atomic mass is 10.2. The first kappa shape index (κ1) is 16.1. The van der Waals surface area contributed by atoms with Gasteiger partial charge in [-0.1, -0.05) is 30.3 Å². The van der Waals surface area contributed by atoms with Gasteiger partial charge in [-0.3, -0.25) is 4.90 Å². The van der Waals surface area contributed by atoms with Gasteiger partial charge >= 0.3 is 0 Å². The van der Waals surface area contributed by atoms with Gasteiger partial charge in [0.1, 0.15) is 0 Å². The summed E-state index contributed by atoms with van der Waals surface area (Å²) in [6, 6.07) is 10.4. The summed E-state index contributed by atoms with van der Waals surface area (Å²) in [4.78, 5) is 2.27. The van der Waals surface area contributed by atoms with Crippen molar-refractivity contribution in [2.24, 2.45) is 5.73 Å². The standard InChI is InChI=1S/C15H26N2O2/c1-3-18-15(19-4-2)13-17(11-10-16)12-14-8-6-5-7-9-14/h5-9,15H,3-4,10-13,16H2,1-2H3. The number of nitrogens with two attached hydrogens (primary N) is 1. The third-order valence-electron chi connectivity index (χ3n) is 2.81. The molecule has 0 saturated heterocycles. The Morgan fingerprint density at radius 2 is 1.74 bits per heavy atom. The van der Waals surface area contributed by atoms with Crippen LogP contribution in [0.15, 0.2) is 30.3 Å². The molecule has 0 radical (unpaired) electrons. The highest BCUT2D eigenvalue weighted by atomic mass is 16.7. The largest absolute Gasteiger partial charge is 0.352 e. The van der Waals surface area contributed by atoms with Gasteiger partial charge in [0.25, 0.3) is 0 Å². The zero-order chi connectivity index (χ0) is 13.9. The Morgan fingerprint density at radius 1 is 1.11 bits per heavy atom. The molecular formula is C15H26N2O2. The Hall–Kier alpha value is -0.940. The van der Waals surface area contributed by atoms with Crippen molar-refractivity contribution in [2.45, 2.75) is 26.7 Å². The van der Waals surface area contributed by atoms with Gasteiger partial charge in [0, 0.05) is 39.4 Å². The van der Waals surface area contributed by atoms with Crippen LogP contribution < -0.4 is 5.73 Å². The van der Waals surface area contributed by atoms with Gasteiger partial charge in [-0.2, -0.15) is 0 Å². The molecule has 0 spiro atoms. The Morgan fingerprint density at radius 3 is 2.26 bits per heavy atom. The molecule has 0 aromatic heterocycles. The lowest BCUT2D eigenvalue weighted by Gasteiger charge is -2.26. The highest BCUT2D eigenvalue weighted by molar-refractivity contribution is 5.14. The molecule has 0 heterocycles. The van der Waals surface area contributed by atoms with Crippen molar-refractivity contribution in [3.8, 4) is 0 Å². The summed E-state index contributed by atoms with van der Waals surface area (Å²) in [5.41, 5.74) is 6.96. The number of hydrogen-bond acceptors (Lipinski definition) is 4. The Kier molecular flexibility index (Phi) is 8.41. The van der Waals surface area contributed by atoms with E-state index in [1.165, 1.54) is 5.56 Å². The summed E-state index contributed by atoms with van der Waals surface area (Å²) in [5, 5.41) is 0. The number of benzene rings is 1. The van der Waals surface area contributed by atoms with Gasteiger partial charge in [-0.25, -0.2) is 0 Å². The van der Waals surface area contributed by atoms with Crippen LogP contribution in [0.1, 0.15) is 19.4 Å². The maximum absolute atomic E-state index is 5.68. The van der Waals surface area contributed by atoms with Gasteiger partial charge in [0.05, 0.1) is 0 Å². The third-order valence-corrected chi connectivity index (χ3v) is 2.81. The van der Waals surface area contributed by atoms with Gasteiger partial charge < -0.3 is 15.2 Å². The highest BCUT2D eigenvalue weighted by Gasteiger charge is 2.14. The maximum Gasteiger partial charge on any atom is 0.170 e. The summed E-state index contributed by atoms with van der Waals surface area (Å²) in [6.07, 6.45) is -0.176. The summed E-state index contributed by atoms with van der Waals surface area (Å²) in [6.45, 7) is 8.37. The second-order valence-corrected chi connectivity index (χ2v) is 4.35. The molecular weight excluding hydrogens is 240 g/mol. The first-order valence-corrected chi connectivity index (χ1v) is 6.99. The van der Waals surface area contributed by atoms with E-state index < -0.39 is 0 Å². The number of rotatable bonds is 10. The van der Waals surface area contributed by atoms with Crippen molar-refractivity contribution < 1.29 is 9.47 Å². The minimum absolute atomic E-state index is 0.176. The average Bonchev–Trinajstić information content (AvgIpc) is 2.41. The van der Waals surface area contributed by atoms with E-state index in [2.05, 4.69) is 29.2 Å². The smallest absolute Gasteiger partial charge is 0.170 e. The molecule has 0 aliphatic carbocycles. The van der Waals surface area contributed by atoms with E-state index in [0.717, 1.165) is 19.6 Å². The second-order valence-electron chi connectivity index (χ2n) is 4.35. The summed E-state index contributed by atoms with van der Waals surface area (Å²) in [5.74, 6) is 0. The molecule has 2 N–H and O–H groups in total. The summed E-state index contributed by atoms with van der Waals surface area (Å²) in [7, 11) is 0. The number of ether oxygens (including phenoxy) is 2. The van der Waals surface area contributed by atoms with Gasteiger partial charge in [-0.15, -0.1) is 0 Å². The number of hydrogen-bond donors (Lipinski definition) is 1. The van der Waals surface area contributed by atoms with E-state index in [-0.39, 0.29) is 6.29 Å². The fourth-order valence-electron chi connectivity index (χ4n) is 2.00. The van der Waals surface area contributed by atoms with Gasteiger partial charge in [-0.05, 0) is 19.4 Å². The summed E-state index contributed by atoms with van der Waals surface area (Å²) < 4.78 is 11.2. The van der Waals surface area contributed by atoms with E-state index >= 15 is 0 Å². The van der Waals surface area contributed by atoms with E-state index in [1.807, 2.05) is 19.9 Å². The quantitative estimate of drug-likeness (QED) is 0.657. The SMILES string of the molecule is CCOC(CN(CCN)Cc1ccccc1)OCC. The van der Waals surface area contributed by atoms with Crippen molar-refractivity contribution in [3.05, 3.63) is 35.9 Å². The topological polar surface area (TPSA) is 47.7 Å². The van der Waals surface area contributed by atoms with Crippen LogP contribution in [0.5, 0.6) is 0 Å². The zero-order valence-electron chi connectivity index (χ0n) is 12.0. The number of nitrogens with zero attached hydrogens (tertiary/aromatic N) is 1. The predicted octanol–water partition coefficient (Wildman–Crippen LogP) is 1.85. The normalized spacial score (nSPS) is 11.4. The first-order valence-electron chi connectivity index (χ1n) is 6.99. The van der Waals surface area contributed by atoms with Crippen LogP contribution in [0.4, 0.5) is 0 Å². The molecule has 19 heavy (non-hydrogen) atoms. The molecule has 0 unspecified atom stereocenters. The zero-order valence-corrected chi connectivity index (χ0v) is 12.0. The van der Waals surface area contributed by atoms with Crippen molar-refractivity contribution in [1.82, 2.24) is 4.90 Å². The van der Waals surface area contributed by atoms with Crippen LogP contribution in [-0.2, 0) is 16.0 Å². The van der Waals surface area contributed by atoms with Crippen LogP contribution in [-0.4, -0.2) is 44.0 Å². The van der Waals surface area contributed by atoms with Crippen LogP contribution in [0, 0.1) is 0 Å². The molecule has 0 saturated carbocycles. The molecule has 1 aromatic carbocycles. The van der Waals surface area contributed by atoms with Crippen LogP contribution in [0.3, 0.4) is 0 Å². The highest BCUT2D eigenvalue weighted by Crippen LogP contribution is 2.07. The van der Waals surface area contributed by atoms with Crippen LogP contribution in [0.2, 0.25) is 0 Å². The molecule has 0 atom stereocenters. The van der Waals surface area contributed by atoms with Crippen molar-refractivity contribution in [3.63, 3.8) is 0 Å². The monoisotopic (exact) mass is 266 g/mol. The van der Waals surface area contributed by atoms with Gasteiger partial charge in [0.2, 0.25) is 0 Å². The van der Waals surface area contributed by atoms with E-state index in [1.54, 1.807) is 0 Å². The lowest BCUT2D eigenvalue weighted by molar-refractivity contribution is -0.147. The van der Waals surface area contributed by atoms with E-state index in [9.17, 15) is 0 Å². The molecule has 0 fully saturated rings. The molecule has 0 bridgehead atoms. The molecule has 1 rings (SSSR count). The fourth-order valence-corrected chi connectivity index (χ4v) is 2.00. The Bertz CT molecular complexity index is 313. The van der Waals surface area contributed by atoms with Gasteiger partial charge in [0.15, 0.2) is 6.29 Å². The van der Waals surface area contributed by atoms with Crippen molar-refractivity contribution >= 4 is 0 Å². The Labute approximate surface area is 116 Å². The minimum Gasteiger partial charge on any atom is -0.352 e. The maximum atomic E-state index is 5.68. The molecule has 1 aromatic rings. The first-order chi connectivity index (χ1) is 9.30. The second kappa shape index (κ2) is 9.92. The third kappa shape index (κ3) is 6.68.